The molecule has 0 aliphatic carbocycles. The molecule has 10 heavy (non-hydrogen) atoms. The van der Waals surface area contributed by atoms with Crippen LogP contribution in [0.3, 0.4) is 0 Å². The van der Waals surface area contributed by atoms with E-state index >= 15 is 0 Å². The number of pyridine rings is 1. The van der Waals surface area contributed by atoms with Gasteiger partial charge < -0.3 is 14.9 Å². The standard InChI is InChI=1S/C6H4NO2.Y/c8-6(9)5-2-1-3-7-4-5;/h1,3-4H,(H,8,9);/q-1;+3. The molecule has 46 valence electrons. The first-order valence-electron chi connectivity index (χ1n) is 2.35. The Labute approximate surface area is 83.4 Å². The Balaban J connectivity index is 0.000000810. The third-order valence-corrected chi connectivity index (χ3v) is 0.833. The predicted molar refractivity (Wildman–Crippen MR) is 30.0 cm³/mol. The van der Waals surface area contributed by atoms with E-state index in [0.29, 0.717) is 0 Å². The monoisotopic (exact) mass is 211 g/mol. The summed E-state index contributed by atoms with van der Waals surface area (Å²) in [5, 5.41) is 8.31. The van der Waals surface area contributed by atoms with Crippen LogP contribution in [0.2, 0.25) is 0 Å². The molecule has 0 fully saturated rings. The van der Waals surface area contributed by atoms with Crippen molar-refractivity contribution in [3.63, 3.8) is 0 Å². The molecule has 0 amide bonds. The molecule has 1 heterocycles. The van der Waals surface area contributed by atoms with Crippen molar-refractivity contribution in [2.75, 3.05) is 0 Å². The average Bonchev–Trinajstić information content (AvgIpc) is 1.90. The van der Waals surface area contributed by atoms with Gasteiger partial charge in [0.15, 0.2) is 0 Å². The minimum Gasteiger partial charge on any atom is -0.521 e. The summed E-state index contributed by atoms with van der Waals surface area (Å²) >= 11 is 0. The fraction of sp³-hybridized carbons (Fsp3) is 0. The van der Waals surface area contributed by atoms with E-state index in [1.807, 2.05) is 0 Å². The van der Waals surface area contributed by atoms with Gasteiger partial charge in [-0.15, -0.1) is 12.1 Å². The molecular formula is C6H4NO2Y+2. The van der Waals surface area contributed by atoms with Gasteiger partial charge in [0.05, 0.1) is 0 Å². The number of hydrogen-bond donors (Lipinski definition) is 1. The Morgan fingerprint density at radius 2 is 2.40 bits per heavy atom. The second kappa shape index (κ2) is 4.53. The van der Waals surface area contributed by atoms with Crippen LogP contribution in [0.25, 0.3) is 0 Å². The first kappa shape index (κ1) is 9.72. The molecule has 0 atom stereocenters. The zero-order valence-electron chi connectivity index (χ0n) is 5.11. The van der Waals surface area contributed by atoms with Crippen molar-refractivity contribution in [1.29, 1.82) is 0 Å². The summed E-state index contributed by atoms with van der Waals surface area (Å²) in [6.07, 6.45) is 2.73. The first-order chi connectivity index (χ1) is 4.30. The van der Waals surface area contributed by atoms with E-state index in [9.17, 15) is 4.79 Å². The van der Waals surface area contributed by atoms with E-state index in [-0.39, 0.29) is 38.3 Å². The number of hydrogen-bond acceptors (Lipinski definition) is 2. The topological polar surface area (TPSA) is 50.2 Å². The van der Waals surface area contributed by atoms with E-state index in [0.717, 1.165) is 0 Å². The van der Waals surface area contributed by atoms with Crippen molar-refractivity contribution < 1.29 is 42.6 Å². The molecule has 0 radical (unpaired) electrons. The van der Waals surface area contributed by atoms with Gasteiger partial charge in [0.1, 0.15) is 0 Å². The van der Waals surface area contributed by atoms with Gasteiger partial charge in [-0.25, -0.2) is 0 Å². The van der Waals surface area contributed by atoms with E-state index in [1.54, 1.807) is 0 Å². The molecular weight excluding hydrogens is 207 g/mol. The number of carbonyl (C=O) groups is 1. The minimum atomic E-state index is -0.997. The van der Waals surface area contributed by atoms with Crippen molar-refractivity contribution in [3.8, 4) is 0 Å². The fourth-order valence-electron chi connectivity index (χ4n) is 0.442. The second-order valence-corrected chi connectivity index (χ2v) is 1.46. The van der Waals surface area contributed by atoms with Gasteiger partial charge >= 0.3 is 32.7 Å². The van der Waals surface area contributed by atoms with E-state index in [1.165, 1.54) is 18.5 Å². The molecule has 0 saturated heterocycles. The van der Waals surface area contributed by atoms with E-state index in [2.05, 4.69) is 11.1 Å². The smallest absolute Gasteiger partial charge is 0.521 e. The maximum Gasteiger partial charge on any atom is 3.00 e. The number of aromatic nitrogens is 1. The van der Waals surface area contributed by atoms with Crippen LogP contribution in [0.1, 0.15) is 10.4 Å². The van der Waals surface area contributed by atoms with E-state index in [4.69, 9.17) is 5.11 Å². The molecule has 0 saturated carbocycles. The van der Waals surface area contributed by atoms with E-state index < -0.39 is 5.97 Å². The van der Waals surface area contributed by atoms with Gasteiger partial charge in [-0.05, 0) is 5.56 Å². The van der Waals surface area contributed by atoms with Crippen LogP contribution in [-0.2, 0) is 32.7 Å². The van der Waals surface area contributed by atoms with Crippen LogP contribution in [0.5, 0.6) is 0 Å². The van der Waals surface area contributed by atoms with Crippen molar-refractivity contribution >= 4 is 5.97 Å². The number of carboxylic acids is 1. The van der Waals surface area contributed by atoms with Gasteiger partial charge in [-0.2, -0.15) is 0 Å². The molecule has 0 bridgehead atoms. The summed E-state index contributed by atoms with van der Waals surface area (Å²) in [5.41, 5.74) is 0.0949. The SMILES string of the molecule is O=C(O)c1[c-]ccnc1.[Y+3]. The van der Waals surface area contributed by atoms with Gasteiger partial charge in [-0.3, -0.25) is 0 Å². The zero-order chi connectivity index (χ0) is 6.69. The van der Waals surface area contributed by atoms with Crippen molar-refractivity contribution in [3.05, 3.63) is 30.1 Å². The number of rotatable bonds is 1. The summed E-state index contributed by atoms with van der Waals surface area (Å²) in [4.78, 5) is 13.7. The summed E-state index contributed by atoms with van der Waals surface area (Å²) in [7, 11) is 0. The molecule has 1 rings (SSSR count). The molecule has 0 aromatic carbocycles. The van der Waals surface area contributed by atoms with Gasteiger partial charge in [0, 0.05) is 0 Å². The zero-order valence-corrected chi connectivity index (χ0v) is 7.95. The minimum absolute atomic E-state index is 0. The molecule has 0 aliphatic heterocycles. The van der Waals surface area contributed by atoms with Crippen LogP contribution in [0.15, 0.2) is 18.5 Å². The predicted octanol–water partition coefficient (Wildman–Crippen LogP) is 0.577. The normalized spacial score (nSPS) is 8.00. The third kappa shape index (κ3) is 2.54. The summed E-state index contributed by atoms with van der Waals surface area (Å²) in [6.45, 7) is 0. The molecule has 0 spiro atoms. The summed E-state index contributed by atoms with van der Waals surface area (Å²) in [6, 6.07) is 3.97. The Bertz CT molecular complexity index is 212. The third-order valence-electron chi connectivity index (χ3n) is 0.833. The number of carboxylic acid groups (broad SMARTS) is 1. The Morgan fingerprint density at radius 1 is 1.70 bits per heavy atom. The van der Waals surface area contributed by atoms with Crippen LogP contribution in [0.4, 0.5) is 0 Å². The molecule has 1 aromatic heterocycles. The van der Waals surface area contributed by atoms with Crippen molar-refractivity contribution in [1.82, 2.24) is 4.98 Å². The molecule has 1 aromatic rings. The van der Waals surface area contributed by atoms with Crippen molar-refractivity contribution in [2.24, 2.45) is 0 Å². The Hall–Kier alpha value is -0.276. The van der Waals surface area contributed by atoms with Gasteiger partial charge in [-0.1, -0.05) is 12.4 Å². The summed E-state index contributed by atoms with van der Waals surface area (Å²) in [5.74, 6) is -0.997. The second-order valence-electron chi connectivity index (χ2n) is 1.46. The molecule has 3 nitrogen and oxygen atoms in total. The molecule has 1 N–H and O–H groups in total. The van der Waals surface area contributed by atoms with Gasteiger partial charge in [0.25, 0.3) is 0 Å². The molecule has 4 heteroatoms. The maximum atomic E-state index is 10.1. The Kier molecular flexibility index (Phi) is 4.40. The van der Waals surface area contributed by atoms with Crippen LogP contribution in [-0.4, -0.2) is 16.1 Å². The van der Waals surface area contributed by atoms with Crippen LogP contribution < -0.4 is 0 Å². The fourth-order valence-corrected chi connectivity index (χ4v) is 0.442. The van der Waals surface area contributed by atoms with Crippen LogP contribution >= 0.6 is 0 Å². The maximum absolute atomic E-state index is 10.1. The average molecular weight is 211 g/mol. The Morgan fingerprint density at radius 3 is 2.70 bits per heavy atom. The molecule has 0 unspecified atom stereocenters. The number of aromatic carboxylic acids is 1. The number of nitrogens with zero attached hydrogens (tertiary/aromatic N) is 1. The quantitative estimate of drug-likeness (QED) is 0.691. The van der Waals surface area contributed by atoms with Crippen molar-refractivity contribution in [2.45, 2.75) is 0 Å². The van der Waals surface area contributed by atoms with Gasteiger partial charge in [0.2, 0.25) is 5.97 Å². The summed E-state index contributed by atoms with van der Waals surface area (Å²) < 4.78 is 0. The molecule has 0 aliphatic rings. The first-order valence-corrected chi connectivity index (χ1v) is 2.35. The largest absolute Gasteiger partial charge is 3.00 e. The van der Waals surface area contributed by atoms with Crippen LogP contribution in [0, 0.1) is 6.07 Å².